The Kier molecular flexibility index (Phi) is 8.79. The van der Waals surface area contributed by atoms with Gasteiger partial charge in [-0.1, -0.05) is 6.08 Å². The number of hydrogen-bond donors (Lipinski definition) is 1. The van der Waals surface area contributed by atoms with Crippen molar-refractivity contribution in [1.82, 2.24) is 0 Å². The molecule has 0 saturated heterocycles. The second-order valence-electron chi connectivity index (χ2n) is 1.05. The molecule has 0 rings (SSSR count). The summed E-state index contributed by atoms with van der Waals surface area (Å²) in [5.74, 6) is 0. The summed E-state index contributed by atoms with van der Waals surface area (Å²) in [7, 11) is 0. The van der Waals surface area contributed by atoms with Crippen molar-refractivity contribution in [3.63, 3.8) is 0 Å². The highest BCUT2D eigenvalue weighted by Gasteiger charge is 1.85. The Labute approximate surface area is 60.9 Å². The second-order valence-corrected chi connectivity index (χ2v) is 1.05. The molecule has 0 saturated carbocycles. The van der Waals surface area contributed by atoms with Crippen molar-refractivity contribution in [3.8, 4) is 0 Å². The molecule has 0 fully saturated rings. The van der Waals surface area contributed by atoms with Gasteiger partial charge in [0, 0.05) is 0 Å². The SMILES string of the molecule is C=CCO[N+](=O)[O-].O=[N+]([O-])O. The van der Waals surface area contributed by atoms with Gasteiger partial charge in [0.05, 0.1) is 0 Å². The fourth-order valence-electron chi connectivity index (χ4n) is 0.114. The molecule has 0 bridgehead atoms. The lowest BCUT2D eigenvalue weighted by molar-refractivity contribution is -0.755. The van der Waals surface area contributed by atoms with E-state index in [1.807, 2.05) is 0 Å². The largest absolute Gasteiger partial charge is 0.328 e. The first kappa shape index (κ1) is 11.9. The van der Waals surface area contributed by atoms with Crippen LogP contribution in [0.2, 0.25) is 0 Å². The van der Waals surface area contributed by atoms with E-state index in [0.717, 1.165) is 0 Å². The molecule has 0 atom stereocenters. The predicted octanol–water partition coefficient (Wildman–Crippen LogP) is 0.0330. The molecule has 0 aromatic heterocycles. The molecule has 0 aliphatic heterocycles. The van der Waals surface area contributed by atoms with Crippen molar-refractivity contribution >= 4 is 0 Å². The maximum Gasteiger partial charge on any atom is 0.294 e. The van der Waals surface area contributed by atoms with E-state index in [2.05, 4.69) is 11.4 Å². The first-order chi connectivity index (χ1) is 5.00. The van der Waals surface area contributed by atoms with Crippen molar-refractivity contribution in [1.29, 1.82) is 0 Å². The van der Waals surface area contributed by atoms with Gasteiger partial charge in [-0.25, -0.2) is 0 Å². The maximum atomic E-state index is 9.29. The maximum absolute atomic E-state index is 9.29. The van der Waals surface area contributed by atoms with E-state index >= 15 is 0 Å². The fraction of sp³-hybridized carbons (Fsp3) is 0.333. The fourth-order valence-corrected chi connectivity index (χ4v) is 0.114. The molecule has 0 aromatic carbocycles. The molecule has 0 aliphatic carbocycles. The van der Waals surface area contributed by atoms with Gasteiger partial charge in [-0.2, -0.15) is 0 Å². The molecule has 0 aliphatic rings. The van der Waals surface area contributed by atoms with Gasteiger partial charge in [0.2, 0.25) is 0 Å². The molecule has 0 spiro atoms. The van der Waals surface area contributed by atoms with Gasteiger partial charge in [0.15, 0.2) is 0 Å². The highest BCUT2D eigenvalue weighted by Crippen LogP contribution is 1.71. The van der Waals surface area contributed by atoms with E-state index in [4.69, 9.17) is 15.3 Å². The molecule has 8 nitrogen and oxygen atoms in total. The van der Waals surface area contributed by atoms with Crippen LogP contribution in [0.4, 0.5) is 0 Å². The Hall–Kier alpha value is -1.86. The number of rotatable bonds is 3. The van der Waals surface area contributed by atoms with E-state index in [1.54, 1.807) is 0 Å². The minimum Gasteiger partial charge on any atom is -0.328 e. The Bertz CT molecular complexity index is 141. The first-order valence-corrected chi connectivity index (χ1v) is 2.22. The molecule has 0 unspecified atom stereocenters. The van der Waals surface area contributed by atoms with E-state index in [0.29, 0.717) is 0 Å². The molecule has 64 valence electrons. The van der Waals surface area contributed by atoms with Crippen molar-refractivity contribution in [2.75, 3.05) is 6.61 Å². The van der Waals surface area contributed by atoms with Gasteiger partial charge in [0.1, 0.15) is 6.61 Å². The second kappa shape index (κ2) is 8.14. The van der Waals surface area contributed by atoms with Crippen molar-refractivity contribution < 1.29 is 20.2 Å². The summed E-state index contributed by atoms with van der Waals surface area (Å²) < 4.78 is 0. The molecule has 0 radical (unpaired) electrons. The van der Waals surface area contributed by atoms with Gasteiger partial charge in [0.25, 0.3) is 10.2 Å². The smallest absolute Gasteiger partial charge is 0.294 e. The third kappa shape index (κ3) is 67.0. The van der Waals surface area contributed by atoms with Crippen LogP contribution in [-0.4, -0.2) is 22.0 Å². The summed E-state index contributed by atoms with van der Waals surface area (Å²) in [6, 6.07) is 0. The summed E-state index contributed by atoms with van der Waals surface area (Å²) in [6.45, 7) is 3.17. The third-order valence-corrected chi connectivity index (χ3v) is 0.298. The Morgan fingerprint density at radius 2 is 1.91 bits per heavy atom. The van der Waals surface area contributed by atoms with E-state index in [9.17, 15) is 10.1 Å². The van der Waals surface area contributed by atoms with Gasteiger partial charge in [-0.05, 0) is 0 Å². The lowest BCUT2D eigenvalue weighted by Crippen LogP contribution is -1.98. The normalized spacial score (nSPS) is 6.91. The number of nitrogens with zero attached hydrogens (tertiary/aromatic N) is 2. The summed E-state index contributed by atoms with van der Waals surface area (Å²) in [6.07, 6.45) is 1.31. The molecular weight excluding hydrogens is 160 g/mol. The standard InChI is InChI=1S/C3H5NO3.HNO3/c1-2-3-7-4(5)6;2-1(3)4/h2H,1,3H2;(H,2,3,4). The van der Waals surface area contributed by atoms with E-state index in [1.165, 1.54) is 6.08 Å². The van der Waals surface area contributed by atoms with Crippen LogP contribution in [0.25, 0.3) is 0 Å². The van der Waals surface area contributed by atoms with Gasteiger partial charge >= 0.3 is 0 Å². The first-order valence-electron chi connectivity index (χ1n) is 2.22. The van der Waals surface area contributed by atoms with Crippen LogP contribution in [0.5, 0.6) is 0 Å². The molecule has 0 heterocycles. The predicted molar refractivity (Wildman–Crippen MR) is 31.9 cm³/mol. The average Bonchev–Trinajstić information content (AvgIpc) is 1.82. The van der Waals surface area contributed by atoms with Crippen molar-refractivity contribution in [2.24, 2.45) is 0 Å². The zero-order valence-electron chi connectivity index (χ0n) is 5.37. The Morgan fingerprint density at radius 3 is 2.00 bits per heavy atom. The van der Waals surface area contributed by atoms with Crippen molar-refractivity contribution in [3.05, 3.63) is 32.9 Å². The molecule has 0 aromatic rings. The van der Waals surface area contributed by atoms with Crippen LogP contribution < -0.4 is 0 Å². The Morgan fingerprint density at radius 1 is 1.55 bits per heavy atom. The van der Waals surface area contributed by atoms with Crippen LogP contribution >= 0.6 is 0 Å². The molecule has 1 N–H and O–H groups in total. The zero-order chi connectivity index (χ0) is 9.28. The quantitative estimate of drug-likeness (QED) is 0.359. The molecule has 0 amide bonds. The van der Waals surface area contributed by atoms with E-state index < -0.39 is 10.2 Å². The van der Waals surface area contributed by atoms with Crippen LogP contribution in [0, 0.1) is 20.2 Å². The van der Waals surface area contributed by atoms with Crippen molar-refractivity contribution in [2.45, 2.75) is 0 Å². The summed E-state index contributed by atoms with van der Waals surface area (Å²) >= 11 is 0. The Balaban J connectivity index is 0. The van der Waals surface area contributed by atoms with Crippen LogP contribution in [0.15, 0.2) is 12.7 Å². The molecular formula is C3H6N2O6. The lowest BCUT2D eigenvalue weighted by atomic mass is 10.7. The minimum absolute atomic E-state index is 0.0347. The summed E-state index contributed by atoms with van der Waals surface area (Å²) in [5.41, 5.74) is 0. The summed E-state index contributed by atoms with van der Waals surface area (Å²) in [5, 5.41) is 22.1. The van der Waals surface area contributed by atoms with Gasteiger partial charge in [-0.3, -0.25) is 0 Å². The average molecular weight is 166 g/mol. The highest BCUT2D eigenvalue weighted by molar-refractivity contribution is 4.61. The van der Waals surface area contributed by atoms with E-state index in [-0.39, 0.29) is 6.61 Å². The monoisotopic (exact) mass is 166 g/mol. The van der Waals surface area contributed by atoms with Crippen LogP contribution in [0.3, 0.4) is 0 Å². The lowest BCUT2D eigenvalue weighted by Gasteiger charge is -1.85. The number of hydrogen-bond acceptors (Lipinski definition) is 5. The third-order valence-electron chi connectivity index (χ3n) is 0.298. The topological polar surface area (TPSA) is 116 Å². The zero-order valence-corrected chi connectivity index (χ0v) is 5.37. The van der Waals surface area contributed by atoms with Gasteiger partial charge < -0.3 is 10.0 Å². The van der Waals surface area contributed by atoms with Crippen LogP contribution in [0.1, 0.15) is 0 Å². The minimum atomic E-state index is -1.50. The van der Waals surface area contributed by atoms with Crippen LogP contribution in [-0.2, 0) is 4.84 Å². The van der Waals surface area contributed by atoms with Gasteiger partial charge in [-0.15, -0.1) is 26.8 Å². The highest BCUT2D eigenvalue weighted by atomic mass is 16.9. The molecule has 8 heteroatoms. The molecule has 11 heavy (non-hydrogen) atoms. The summed E-state index contributed by atoms with van der Waals surface area (Å²) in [4.78, 5) is 21.4.